The van der Waals surface area contributed by atoms with Crippen LogP contribution in [0.2, 0.25) is 5.28 Å². The standard InChI is InChI=1S/C11H15BrClN3/c1-7-3-2-4-8(5-7)15-10-9(12)6-14-11(13)16-10/h6-8H,2-5H2,1H3,(H,14,15,16). The first-order valence-corrected chi connectivity index (χ1v) is 6.77. The van der Waals surface area contributed by atoms with Crippen molar-refractivity contribution in [2.45, 2.75) is 38.6 Å². The predicted molar refractivity (Wildman–Crippen MR) is 69.8 cm³/mol. The molecule has 1 aliphatic carbocycles. The Hall–Kier alpha value is -0.350. The van der Waals surface area contributed by atoms with E-state index >= 15 is 0 Å². The summed E-state index contributed by atoms with van der Waals surface area (Å²) in [5.41, 5.74) is 0. The highest BCUT2D eigenvalue weighted by atomic mass is 79.9. The molecule has 0 aliphatic heterocycles. The highest BCUT2D eigenvalue weighted by molar-refractivity contribution is 9.10. The number of nitrogens with one attached hydrogen (secondary N) is 1. The van der Waals surface area contributed by atoms with E-state index in [0.717, 1.165) is 16.2 Å². The summed E-state index contributed by atoms with van der Waals surface area (Å²) in [4.78, 5) is 8.10. The first-order chi connectivity index (χ1) is 7.65. The summed E-state index contributed by atoms with van der Waals surface area (Å²) in [6.45, 7) is 2.30. The van der Waals surface area contributed by atoms with Crippen LogP contribution in [0.4, 0.5) is 5.82 Å². The van der Waals surface area contributed by atoms with E-state index in [1.165, 1.54) is 25.7 Å². The van der Waals surface area contributed by atoms with Gasteiger partial charge < -0.3 is 5.32 Å². The van der Waals surface area contributed by atoms with Crippen LogP contribution in [0.25, 0.3) is 0 Å². The van der Waals surface area contributed by atoms with Gasteiger partial charge in [-0.2, -0.15) is 4.98 Å². The van der Waals surface area contributed by atoms with Gasteiger partial charge in [-0.1, -0.05) is 19.8 Å². The number of halogens is 2. The minimum atomic E-state index is 0.287. The minimum Gasteiger partial charge on any atom is -0.366 e. The van der Waals surface area contributed by atoms with E-state index < -0.39 is 0 Å². The second-order valence-electron chi connectivity index (χ2n) is 4.45. The topological polar surface area (TPSA) is 37.8 Å². The lowest BCUT2D eigenvalue weighted by Gasteiger charge is -2.28. The zero-order valence-corrected chi connectivity index (χ0v) is 11.6. The van der Waals surface area contributed by atoms with Gasteiger partial charge in [0.15, 0.2) is 0 Å². The molecule has 2 atom stereocenters. The molecule has 0 radical (unpaired) electrons. The Morgan fingerprint density at radius 2 is 2.31 bits per heavy atom. The van der Waals surface area contributed by atoms with Gasteiger partial charge in [-0.25, -0.2) is 4.98 Å². The van der Waals surface area contributed by atoms with Gasteiger partial charge in [-0.05, 0) is 46.3 Å². The molecule has 16 heavy (non-hydrogen) atoms. The minimum absolute atomic E-state index is 0.287. The molecule has 1 N–H and O–H groups in total. The molecule has 88 valence electrons. The van der Waals surface area contributed by atoms with Gasteiger partial charge in [0, 0.05) is 12.2 Å². The molecular formula is C11H15BrClN3. The molecule has 0 aromatic carbocycles. The maximum Gasteiger partial charge on any atom is 0.224 e. The smallest absolute Gasteiger partial charge is 0.224 e. The van der Waals surface area contributed by atoms with Crippen molar-refractivity contribution in [3.8, 4) is 0 Å². The fourth-order valence-electron chi connectivity index (χ4n) is 2.21. The first kappa shape index (κ1) is 12.1. The van der Waals surface area contributed by atoms with Crippen LogP contribution in [0.3, 0.4) is 0 Å². The largest absolute Gasteiger partial charge is 0.366 e. The molecule has 1 heterocycles. The molecule has 1 aromatic heterocycles. The number of rotatable bonds is 2. The van der Waals surface area contributed by atoms with Crippen LogP contribution in [-0.4, -0.2) is 16.0 Å². The van der Waals surface area contributed by atoms with E-state index in [0.29, 0.717) is 6.04 Å². The molecule has 0 amide bonds. The van der Waals surface area contributed by atoms with Gasteiger partial charge in [0.05, 0.1) is 4.47 Å². The molecule has 2 unspecified atom stereocenters. The van der Waals surface area contributed by atoms with Crippen molar-refractivity contribution in [3.63, 3.8) is 0 Å². The van der Waals surface area contributed by atoms with Crippen molar-refractivity contribution < 1.29 is 0 Å². The molecule has 0 saturated heterocycles. The number of anilines is 1. The number of aromatic nitrogens is 2. The summed E-state index contributed by atoms with van der Waals surface area (Å²) < 4.78 is 0.870. The quantitative estimate of drug-likeness (QED) is 0.843. The van der Waals surface area contributed by atoms with Gasteiger partial charge in [0.2, 0.25) is 5.28 Å². The zero-order valence-electron chi connectivity index (χ0n) is 9.21. The Balaban J connectivity index is 2.05. The highest BCUT2D eigenvalue weighted by Crippen LogP contribution is 2.28. The van der Waals surface area contributed by atoms with Crippen LogP contribution in [0.1, 0.15) is 32.6 Å². The normalized spacial score (nSPS) is 25.4. The fourth-order valence-corrected chi connectivity index (χ4v) is 2.64. The maximum absolute atomic E-state index is 5.78. The lowest BCUT2D eigenvalue weighted by molar-refractivity contribution is 0.358. The molecule has 0 spiro atoms. The Labute approximate surface area is 109 Å². The molecule has 0 bridgehead atoms. The van der Waals surface area contributed by atoms with Crippen LogP contribution in [-0.2, 0) is 0 Å². The number of hydrogen-bond acceptors (Lipinski definition) is 3. The number of hydrogen-bond donors (Lipinski definition) is 1. The average Bonchev–Trinajstić information content (AvgIpc) is 2.24. The molecular weight excluding hydrogens is 289 g/mol. The van der Waals surface area contributed by atoms with Crippen molar-refractivity contribution in [1.82, 2.24) is 9.97 Å². The summed E-state index contributed by atoms with van der Waals surface area (Å²) in [5, 5.41) is 3.72. The van der Waals surface area contributed by atoms with Gasteiger partial charge >= 0.3 is 0 Å². The van der Waals surface area contributed by atoms with E-state index in [2.05, 4.69) is 38.1 Å². The van der Waals surface area contributed by atoms with Gasteiger partial charge in [-0.15, -0.1) is 0 Å². The average molecular weight is 305 g/mol. The molecule has 1 saturated carbocycles. The third-order valence-corrected chi connectivity index (χ3v) is 3.75. The maximum atomic E-state index is 5.78. The van der Waals surface area contributed by atoms with Crippen molar-refractivity contribution in [2.24, 2.45) is 5.92 Å². The highest BCUT2D eigenvalue weighted by Gasteiger charge is 2.19. The Bertz CT molecular complexity index is 372. The molecule has 3 nitrogen and oxygen atoms in total. The third kappa shape index (κ3) is 3.08. The van der Waals surface area contributed by atoms with Crippen LogP contribution in [0.15, 0.2) is 10.7 Å². The third-order valence-electron chi connectivity index (χ3n) is 2.99. The van der Waals surface area contributed by atoms with E-state index in [-0.39, 0.29) is 5.28 Å². The molecule has 2 rings (SSSR count). The van der Waals surface area contributed by atoms with Crippen molar-refractivity contribution in [3.05, 3.63) is 16.0 Å². The van der Waals surface area contributed by atoms with Crippen LogP contribution < -0.4 is 5.32 Å². The summed E-state index contributed by atoms with van der Waals surface area (Å²) >= 11 is 9.21. The van der Waals surface area contributed by atoms with Crippen LogP contribution in [0.5, 0.6) is 0 Å². The SMILES string of the molecule is CC1CCCC(Nc2nc(Cl)ncc2Br)C1. The van der Waals surface area contributed by atoms with Gasteiger partial charge in [0.1, 0.15) is 5.82 Å². The predicted octanol–water partition coefficient (Wildman–Crippen LogP) is 3.88. The van der Waals surface area contributed by atoms with E-state index in [1.54, 1.807) is 6.20 Å². The summed E-state index contributed by atoms with van der Waals surface area (Å²) in [5.74, 6) is 1.60. The Morgan fingerprint density at radius 1 is 1.50 bits per heavy atom. The van der Waals surface area contributed by atoms with Gasteiger partial charge in [-0.3, -0.25) is 0 Å². The summed E-state index contributed by atoms with van der Waals surface area (Å²) in [7, 11) is 0. The van der Waals surface area contributed by atoms with Crippen molar-refractivity contribution in [1.29, 1.82) is 0 Å². The molecule has 1 aromatic rings. The Morgan fingerprint density at radius 3 is 3.06 bits per heavy atom. The fraction of sp³-hybridized carbons (Fsp3) is 0.636. The van der Waals surface area contributed by atoms with Gasteiger partial charge in [0.25, 0.3) is 0 Å². The summed E-state index contributed by atoms with van der Waals surface area (Å²) in [6, 6.07) is 0.506. The number of nitrogens with zero attached hydrogens (tertiary/aromatic N) is 2. The lowest BCUT2D eigenvalue weighted by atomic mass is 9.87. The van der Waals surface area contributed by atoms with Crippen LogP contribution >= 0.6 is 27.5 Å². The van der Waals surface area contributed by atoms with Crippen LogP contribution in [0, 0.1) is 5.92 Å². The monoisotopic (exact) mass is 303 g/mol. The first-order valence-electron chi connectivity index (χ1n) is 5.59. The molecule has 1 fully saturated rings. The second-order valence-corrected chi connectivity index (χ2v) is 5.64. The van der Waals surface area contributed by atoms with Crippen molar-refractivity contribution in [2.75, 3.05) is 5.32 Å². The zero-order chi connectivity index (χ0) is 11.5. The molecule has 1 aliphatic rings. The summed E-state index contributed by atoms with van der Waals surface area (Å²) in [6.07, 6.45) is 6.72. The van der Waals surface area contributed by atoms with E-state index in [4.69, 9.17) is 11.6 Å². The van der Waals surface area contributed by atoms with E-state index in [1.807, 2.05) is 0 Å². The molecule has 5 heteroatoms. The van der Waals surface area contributed by atoms with E-state index in [9.17, 15) is 0 Å². The second kappa shape index (κ2) is 5.32. The Kier molecular flexibility index (Phi) is 4.03. The van der Waals surface area contributed by atoms with Crippen molar-refractivity contribution >= 4 is 33.3 Å². The lowest BCUT2D eigenvalue weighted by Crippen LogP contribution is -2.26.